The molecule has 1 aromatic heterocycles. The Balaban J connectivity index is 2.97. The zero-order valence-corrected chi connectivity index (χ0v) is 9.56. The van der Waals surface area contributed by atoms with Crippen LogP contribution >= 0.6 is 11.3 Å². The molecule has 0 spiro atoms. The smallest absolute Gasteiger partial charge is 0.342 e. The van der Waals surface area contributed by atoms with Crippen molar-refractivity contribution < 1.29 is 9.53 Å². The van der Waals surface area contributed by atoms with Crippen LogP contribution in [-0.2, 0) is 4.74 Å². The first-order chi connectivity index (χ1) is 7.07. The summed E-state index contributed by atoms with van der Waals surface area (Å²) in [6, 6.07) is 0. The van der Waals surface area contributed by atoms with Crippen LogP contribution in [0.5, 0.6) is 0 Å². The molecule has 4 heteroatoms. The van der Waals surface area contributed by atoms with Gasteiger partial charge in [-0.1, -0.05) is 19.8 Å². The molecule has 1 heterocycles. The number of terminal acetylenes is 1. The van der Waals surface area contributed by atoms with E-state index in [1.807, 2.05) is 19.2 Å². The van der Waals surface area contributed by atoms with Gasteiger partial charge < -0.3 is 10.5 Å². The lowest BCUT2D eigenvalue weighted by atomic mass is 10.0. The van der Waals surface area contributed by atoms with E-state index in [0.717, 1.165) is 5.56 Å². The summed E-state index contributed by atoms with van der Waals surface area (Å²) in [5.74, 6) is 2.06. The molecule has 1 aromatic rings. The van der Waals surface area contributed by atoms with Crippen molar-refractivity contribution in [1.82, 2.24) is 0 Å². The van der Waals surface area contributed by atoms with Gasteiger partial charge in [-0.25, -0.2) is 4.79 Å². The average Bonchev–Trinajstić information content (AvgIpc) is 2.56. The first kappa shape index (κ1) is 11.6. The van der Waals surface area contributed by atoms with Crippen molar-refractivity contribution in [2.24, 2.45) is 0 Å². The lowest BCUT2D eigenvalue weighted by Gasteiger charge is -2.06. The molecule has 1 rings (SSSR count). The van der Waals surface area contributed by atoms with E-state index in [1.165, 1.54) is 11.3 Å². The fourth-order valence-corrected chi connectivity index (χ4v) is 2.17. The van der Waals surface area contributed by atoms with Crippen LogP contribution in [0, 0.1) is 12.3 Å². The predicted molar refractivity (Wildman–Crippen MR) is 61.9 cm³/mol. The van der Waals surface area contributed by atoms with Crippen molar-refractivity contribution in [2.75, 3.05) is 12.3 Å². The van der Waals surface area contributed by atoms with Gasteiger partial charge in [0.2, 0.25) is 0 Å². The summed E-state index contributed by atoms with van der Waals surface area (Å²) in [5.41, 5.74) is 7.10. The lowest BCUT2D eigenvalue weighted by molar-refractivity contribution is 0.0557. The van der Waals surface area contributed by atoms with E-state index >= 15 is 0 Å². The Kier molecular flexibility index (Phi) is 3.75. The van der Waals surface area contributed by atoms with E-state index in [-0.39, 0.29) is 12.5 Å². The molecule has 0 unspecified atom stereocenters. The maximum Gasteiger partial charge on any atom is 0.342 e. The van der Waals surface area contributed by atoms with Crippen molar-refractivity contribution in [3.05, 3.63) is 16.5 Å². The number of carbonyl (C=O) groups excluding carboxylic acids is 1. The molecule has 0 aliphatic heterocycles. The summed E-state index contributed by atoms with van der Waals surface area (Å²) in [5, 5.41) is 2.37. The maximum atomic E-state index is 11.6. The first-order valence-electron chi connectivity index (χ1n) is 4.55. The molecule has 80 valence electrons. The highest BCUT2D eigenvalue weighted by Crippen LogP contribution is 2.31. The van der Waals surface area contributed by atoms with Crippen molar-refractivity contribution in [2.45, 2.75) is 19.8 Å². The number of rotatable bonds is 3. The van der Waals surface area contributed by atoms with Gasteiger partial charge in [0, 0.05) is 0 Å². The van der Waals surface area contributed by atoms with Gasteiger partial charge in [0.25, 0.3) is 0 Å². The third-order valence-corrected chi connectivity index (χ3v) is 2.79. The molecule has 0 radical (unpaired) electrons. The highest BCUT2D eigenvalue weighted by Gasteiger charge is 2.20. The Labute approximate surface area is 93.2 Å². The summed E-state index contributed by atoms with van der Waals surface area (Å²) in [4.78, 5) is 11.6. The van der Waals surface area contributed by atoms with Crippen molar-refractivity contribution in [3.8, 4) is 12.3 Å². The summed E-state index contributed by atoms with van der Waals surface area (Å²) < 4.78 is 4.86. The summed E-state index contributed by atoms with van der Waals surface area (Å²) >= 11 is 1.35. The Morgan fingerprint density at radius 1 is 1.73 bits per heavy atom. The molecular weight excluding hydrogens is 210 g/mol. The van der Waals surface area contributed by atoms with Crippen LogP contribution in [0.2, 0.25) is 0 Å². The highest BCUT2D eigenvalue weighted by atomic mass is 32.1. The third-order valence-electron chi connectivity index (χ3n) is 1.96. The van der Waals surface area contributed by atoms with Crippen LogP contribution in [-0.4, -0.2) is 12.6 Å². The molecule has 0 saturated carbocycles. The molecule has 0 aliphatic rings. The topological polar surface area (TPSA) is 52.3 Å². The lowest BCUT2D eigenvalue weighted by Crippen LogP contribution is -2.09. The van der Waals surface area contributed by atoms with E-state index in [9.17, 15) is 4.79 Å². The van der Waals surface area contributed by atoms with Crippen molar-refractivity contribution >= 4 is 22.3 Å². The fourth-order valence-electron chi connectivity index (χ4n) is 1.21. The second kappa shape index (κ2) is 4.85. The number of ether oxygens (including phenoxy) is 1. The van der Waals surface area contributed by atoms with Crippen LogP contribution in [0.4, 0.5) is 5.00 Å². The minimum atomic E-state index is -0.435. The Morgan fingerprint density at radius 2 is 2.40 bits per heavy atom. The standard InChI is InChI=1S/C11H13NO2S/c1-4-5-14-11(13)9-8(7(2)3)6-15-10(9)12/h1,6-7H,5,12H2,2-3H3. The Morgan fingerprint density at radius 3 is 2.93 bits per heavy atom. The van der Waals surface area contributed by atoms with E-state index < -0.39 is 5.97 Å². The van der Waals surface area contributed by atoms with Gasteiger partial charge >= 0.3 is 5.97 Å². The van der Waals surface area contributed by atoms with Gasteiger partial charge in [-0.15, -0.1) is 17.8 Å². The molecule has 0 fully saturated rings. The second-order valence-electron chi connectivity index (χ2n) is 3.37. The second-order valence-corrected chi connectivity index (χ2v) is 4.28. The quantitative estimate of drug-likeness (QED) is 0.631. The number of thiophene rings is 1. The van der Waals surface area contributed by atoms with Crippen LogP contribution in [0.15, 0.2) is 5.38 Å². The summed E-state index contributed by atoms with van der Waals surface area (Å²) in [6.07, 6.45) is 5.01. The minimum absolute atomic E-state index is 0.0222. The van der Waals surface area contributed by atoms with E-state index in [2.05, 4.69) is 5.92 Å². The van der Waals surface area contributed by atoms with Gasteiger partial charge in [0.15, 0.2) is 6.61 Å². The Bertz CT molecular complexity index is 401. The Hall–Kier alpha value is -1.47. The molecule has 0 atom stereocenters. The van der Waals surface area contributed by atoms with Crippen LogP contribution in [0.3, 0.4) is 0 Å². The highest BCUT2D eigenvalue weighted by molar-refractivity contribution is 7.14. The van der Waals surface area contributed by atoms with Crippen LogP contribution in [0.25, 0.3) is 0 Å². The van der Waals surface area contributed by atoms with E-state index in [1.54, 1.807) is 0 Å². The van der Waals surface area contributed by atoms with E-state index in [0.29, 0.717) is 10.6 Å². The van der Waals surface area contributed by atoms with Gasteiger partial charge in [0.05, 0.1) is 5.56 Å². The zero-order chi connectivity index (χ0) is 11.4. The number of anilines is 1. The molecule has 15 heavy (non-hydrogen) atoms. The van der Waals surface area contributed by atoms with Gasteiger partial charge in [-0.05, 0) is 16.9 Å². The number of esters is 1. The number of hydrogen-bond acceptors (Lipinski definition) is 4. The average molecular weight is 223 g/mol. The van der Waals surface area contributed by atoms with Gasteiger partial charge in [-0.2, -0.15) is 0 Å². The normalized spacial score (nSPS) is 10.0. The minimum Gasteiger partial charge on any atom is -0.449 e. The van der Waals surface area contributed by atoms with Gasteiger partial charge in [-0.3, -0.25) is 0 Å². The van der Waals surface area contributed by atoms with Gasteiger partial charge in [0.1, 0.15) is 5.00 Å². The molecule has 0 aliphatic carbocycles. The maximum absolute atomic E-state index is 11.6. The summed E-state index contributed by atoms with van der Waals surface area (Å²) in [6.45, 7) is 3.98. The zero-order valence-electron chi connectivity index (χ0n) is 8.74. The molecule has 0 saturated heterocycles. The van der Waals surface area contributed by atoms with Crippen molar-refractivity contribution in [1.29, 1.82) is 0 Å². The number of hydrogen-bond donors (Lipinski definition) is 1. The number of nitrogen functional groups attached to an aromatic ring is 1. The fraction of sp³-hybridized carbons (Fsp3) is 0.364. The number of nitrogens with two attached hydrogens (primary N) is 1. The summed E-state index contributed by atoms with van der Waals surface area (Å²) in [7, 11) is 0. The molecule has 0 aromatic carbocycles. The van der Waals surface area contributed by atoms with E-state index in [4.69, 9.17) is 16.9 Å². The molecule has 3 nitrogen and oxygen atoms in total. The SMILES string of the molecule is C#CCOC(=O)c1c(C(C)C)csc1N. The largest absolute Gasteiger partial charge is 0.449 e. The molecular formula is C11H13NO2S. The first-order valence-corrected chi connectivity index (χ1v) is 5.43. The molecule has 0 bridgehead atoms. The molecule has 0 amide bonds. The van der Waals surface area contributed by atoms with Crippen LogP contribution < -0.4 is 5.73 Å². The monoisotopic (exact) mass is 223 g/mol. The molecule has 2 N–H and O–H groups in total. The van der Waals surface area contributed by atoms with Crippen LogP contribution in [0.1, 0.15) is 35.7 Å². The third kappa shape index (κ3) is 2.51. The predicted octanol–water partition coefficient (Wildman–Crippen LogP) is 2.24. The number of carbonyl (C=O) groups is 1. The van der Waals surface area contributed by atoms with Crippen molar-refractivity contribution in [3.63, 3.8) is 0 Å².